The molecule has 1 atom stereocenters. The van der Waals surface area contributed by atoms with E-state index >= 15 is 0 Å². The molecule has 0 bridgehead atoms. The summed E-state index contributed by atoms with van der Waals surface area (Å²) in [5, 5.41) is 3.11. The molecule has 0 spiro atoms. The van der Waals surface area contributed by atoms with E-state index in [1.807, 2.05) is 19.2 Å². The Bertz CT molecular complexity index is 196. The van der Waals surface area contributed by atoms with Crippen LogP contribution in [0, 0.1) is 5.92 Å². The molecule has 0 aliphatic rings. The Labute approximate surface area is 72.9 Å². The van der Waals surface area contributed by atoms with E-state index in [1.165, 1.54) is 0 Å². The molecule has 0 fully saturated rings. The summed E-state index contributed by atoms with van der Waals surface area (Å²) >= 11 is 0. The second-order valence-electron chi connectivity index (χ2n) is 2.94. The first kappa shape index (κ1) is 9.29. The molecule has 0 radical (unpaired) electrons. The van der Waals surface area contributed by atoms with Crippen molar-refractivity contribution in [3.8, 4) is 0 Å². The van der Waals surface area contributed by atoms with Crippen molar-refractivity contribution < 1.29 is 4.42 Å². The van der Waals surface area contributed by atoms with E-state index in [0.717, 1.165) is 18.7 Å². The molecule has 1 aromatic heterocycles. The van der Waals surface area contributed by atoms with Crippen LogP contribution in [0.5, 0.6) is 0 Å². The van der Waals surface area contributed by atoms with Gasteiger partial charge in [-0.25, -0.2) is 0 Å². The van der Waals surface area contributed by atoms with Gasteiger partial charge in [0.05, 0.1) is 6.26 Å². The van der Waals surface area contributed by atoms with Crippen molar-refractivity contribution in [2.75, 3.05) is 20.1 Å². The lowest BCUT2D eigenvalue weighted by Gasteiger charge is -2.11. The van der Waals surface area contributed by atoms with Gasteiger partial charge < -0.3 is 15.5 Å². The van der Waals surface area contributed by atoms with Gasteiger partial charge in [-0.15, -0.1) is 0 Å². The first-order chi connectivity index (χ1) is 5.86. The largest absolute Gasteiger partial charge is 0.469 e. The Morgan fingerprint density at radius 1 is 1.67 bits per heavy atom. The van der Waals surface area contributed by atoms with Crippen molar-refractivity contribution in [2.24, 2.45) is 11.7 Å². The first-order valence-electron chi connectivity index (χ1n) is 4.24. The number of hydrogen-bond acceptors (Lipinski definition) is 3. The minimum absolute atomic E-state index is 0.473. The van der Waals surface area contributed by atoms with E-state index < -0.39 is 0 Å². The zero-order valence-electron chi connectivity index (χ0n) is 7.42. The number of rotatable bonds is 5. The van der Waals surface area contributed by atoms with Gasteiger partial charge in [-0.3, -0.25) is 0 Å². The highest BCUT2D eigenvalue weighted by molar-refractivity contribution is 4.99. The molecule has 0 aliphatic carbocycles. The van der Waals surface area contributed by atoms with Crippen LogP contribution in [0.3, 0.4) is 0 Å². The monoisotopic (exact) mass is 168 g/mol. The summed E-state index contributed by atoms with van der Waals surface area (Å²) in [6.45, 7) is 1.64. The Balaban J connectivity index is 2.37. The molecule has 12 heavy (non-hydrogen) atoms. The van der Waals surface area contributed by atoms with Crippen molar-refractivity contribution in [3.63, 3.8) is 0 Å². The zero-order valence-corrected chi connectivity index (χ0v) is 7.42. The summed E-state index contributed by atoms with van der Waals surface area (Å²) in [5.74, 6) is 1.49. The van der Waals surface area contributed by atoms with E-state index in [-0.39, 0.29) is 0 Å². The number of nitrogens with two attached hydrogens (primary N) is 1. The molecule has 0 saturated carbocycles. The van der Waals surface area contributed by atoms with E-state index in [4.69, 9.17) is 10.2 Å². The van der Waals surface area contributed by atoms with Crippen LogP contribution in [0.25, 0.3) is 0 Å². The van der Waals surface area contributed by atoms with Gasteiger partial charge in [-0.1, -0.05) is 0 Å². The average molecular weight is 168 g/mol. The van der Waals surface area contributed by atoms with Gasteiger partial charge in [0, 0.05) is 6.42 Å². The fourth-order valence-corrected chi connectivity index (χ4v) is 1.24. The van der Waals surface area contributed by atoms with Crippen LogP contribution in [0.4, 0.5) is 0 Å². The summed E-state index contributed by atoms with van der Waals surface area (Å²) in [6, 6.07) is 3.89. The molecule has 3 nitrogen and oxygen atoms in total. The molecule has 3 heteroatoms. The topological polar surface area (TPSA) is 51.2 Å². The molecule has 0 amide bonds. The normalized spacial score (nSPS) is 13.2. The van der Waals surface area contributed by atoms with Gasteiger partial charge in [0.2, 0.25) is 0 Å². The van der Waals surface area contributed by atoms with Gasteiger partial charge in [0.15, 0.2) is 0 Å². The minimum atomic E-state index is 0.473. The lowest BCUT2D eigenvalue weighted by Crippen LogP contribution is -2.27. The van der Waals surface area contributed by atoms with Crippen LogP contribution in [0.15, 0.2) is 22.8 Å². The molecule has 0 aromatic carbocycles. The lowest BCUT2D eigenvalue weighted by atomic mass is 10.0. The van der Waals surface area contributed by atoms with Gasteiger partial charge in [-0.2, -0.15) is 0 Å². The zero-order chi connectivity index (χ0) is 8.81. The molecule has 1 rings (SSSR count). The quantitative estimate of drug-likeness (QED) is 0.677. The van der Waals surface area contributed by atoms with Crippen LogP contribution < -0.4 is 11.1 Å². The van der Waals surface area contributed by atoms with Crippen LogP contribution in [-0.4, -0.2) is 20.1 Å². The van der Waals surface area contributed by atoms with E-state index in [2.05, 4.69) is 5.32 Å². The van der Waals surface area contributed by atoms with Crippen molar-refractivity contribution in [1.29, 1.82) is 0 Å². The lowest BCUT2D eigenvalue weighted by molar-refractivity contribution is 0.432. The number of furan rings is 1. The van der Waals surface area contributed by atoms with E-state index in [1.54, 1.807) is 6.26 Å². The Morgan fingerprint density at radius 3 is 3.00 bits per heavy atom. The Hall–Kier alpha value is -0.800. The Kier molecular flexibility index (Phi) is 3.84. The smallest absolute Gasteiger partial charge is 0.104 e. The van der Waals surface area contributed by atoms with Crippen LogP contribution in [-0.2, 0) is 6.42 Å². The molecule has 0 aliphatic heterocycles. The van der Waals surface area contributed by atoms with Crippen LogP contribution >= 0.6 is 0 Å². The van der Waals surface area contributed by atoms with Gasteiger partial charge in [0.1, 0.15) is 5.76 Å². The molecule has 0 saturated heterocycles. The maximum Gasteiger partial charge on any atom is 0.104 e. The maximum atomic E-state index is 5.59. The fraction of sp³-hybridized carbons (Fsp3) is 0.556. The number of nitrogens with one attached hydrogen (secondary N) is 1. The minimum Gasteiger partial charge on any atom is -0.469 e. The van der Waals surface area contributed by atoms with Crippen molar-refractivity contribution in [2.45, 2.75) is 6.42 Å². The van der Waals surface area contributed by atoms with Crippen molar-refractivity contribution >= 4 is 0 Å². The van der Waals surface area contributed by atoms with Gasteiger partial charge in [-0.05, 0) is 38.2 Å². The molecular weight excluding hydrogens is 152 g/mol. The number of hydrogen-bond donors (Lipinski definition) is 2. The molecule has 68 valence electrons. The highest BCUT2D eigenvalue weighted by atomic mass is 16.3. The van der Waals surface area contributed by atoms with E-state index in [0.29, 0.717) is 12.5 Å². The van der Waals surface area contributed by atoms with Crippen molar-refractivity contribution in [3.05, 3.63) is 24.2 Å². The molecule has 1 heterocycles. The highest BCUT2D eigenvalue weighted by Gasteiger charge is 2.07. The van der Waals surface area contributed by atoms with Gasteiger partial charge >= 0.3 is 0 Å². The predicted molar refractivity (Wildman–Crippen MR) is 48.9 cm³/mol. The third-order valence-electron chi connectivity index (χ3n) is 1.90. The van der Waals surface area contributed by atoms with Crippen LogP contribution in [0.2, 0.25) is 0 Å². The fourth-order valence-electron chi connectivity index (χ4n) is 1.24. The standard InChI is InChI=1S/C9H16N2O/c1-11-7-8(6-10)5-9-3-2-4-12-9/h2-4,8,11H,5-7,10H2,1H3. The van der Waals surface area contributed by atoms with Crippen molar-refractivity contribution in [1.82, 2.24) is 5.32 Å². The summed E-state index contributed by atoms with van der Waals surface area (Å²) in [4.78, 5) is 0. The summed E-state index contributed by atoms with van der Waals surface area (Å²) in [5.41, 5.74) is 5.59. The summed E-state index contributed by atoms with van der Waals surface area (Å²) in [6.07, 6.45) is 2.62. The predicted octanol–water partition coefficient (Wildman–Crippen LogP) is 0.616. The third kappa shape index (κ3) is 2.68. The van der Waals surface area contributed by atoms with Gasteiger partial charge in [0.25, 0.3) is 0 Å². The average Bonchev–Trinajstić information content (AvgIpc) is 2.56. The SMILES string of the molecule is CNCC(CN)Cc1ccco1. The van der Waals surface area contributed by atoms with E-state index in [9.17, 15) is 0 Å². The molecular formula is C9H16N2O. The third-order valence-corrected chi connectivity index (χ3v) is 1.90. The second kappa shape index (κ2) is 4.95. The molecule has 3 N–H and O–H groups in total. The molecule has 1 aromatic rings. The first-order valence-corrected chi connectivity index (χ1v) is 4.24. The van der Waals surface area contributed by atoms with Crippen LogP contribution in [0.1, 0.15) is 5.76 Å². The highest BCUT2D eigenvalue weighted by Crippen LogP contribution is 2.07. The molecule has 1 unspecified atom stereocenters. The summed E-state index contributed by atoms with van der Waals surface area (Å²) < 4.78 is 5.23. The second-order valence-corrected chi connectivity index (χ2v) is 2.94. The maximum absolute atomic E-state index is 5.59. The summed E-state index contributed by atoms with van der Waals surface area (Å²) in [7, 11) is 1.94. The Morgan fingerprint density at radius 2 is 2.50 bits per heavy atom.